The van der Waals surface area contributed by atoms with Crippen molar-refractivity contribution in [1.82, 2.24) is 0 Å². The highest BCUT2D eigenvalue weighted by molar-refractivity contribution is 6.00. The molecule has 164 valence electrons. The van der Waals surface area contributed by atoms with Gasteiger partial charge in [-0.1, -0.05) is 24.3 Å². The fraction of sp³-hybridized carbons (Fsp3) is 0.208. The Morgan fingerprint density at radius 1 is 0.938 bits per heavy atom. The number of nitro benzene ring substituents is 1. The van der Waals surface area contributed by atoms with Crippen molar-refractivity contribution in [2.75, 3.05) is 26.2 Å². The van der Waals surface area contributed by atoms with Gasteiger partial charge in [0, 0.05) is 6.07 Å². The third kappa shape index (κ3) is 3.60. The number of nitrogens with zero attached hydrogens (tertiary/aromatic N) is 2. The van der Waals surface area contributed by atoms with E-state index >= 15 is 0 Å². The van der Waals surface area contributed by atoms with E-state index in [1.165, 1.54) is 18.1 Å². The fourth-order valence-electron chi connectivity index (χ4n) is 4.09. The normalized spacial score (nSPS) is 15.2. The third-order valence-electron chi connectivity index (χ3n) is 5.58. The maximum atomic E-state index is 13.4. The zero-order valence-corrected chi connectivity index (χ0v) is 17.9. The molecule has 32 heavy (non-hydrogen) atoms. The van der Waals surface area contributed by atoms with Crippen LogP contribution in [0, 0.1) is 10.1 Å². The van der Waals surface area contributed by atoms with Gasteiger partial charge in [0.1, 0.15) is 11.4 Å². The molecule has 0 N–H and O–H groups in total. The third-order valence-corrected chi connectivity index (χ3v) is 5.58. The SMILES string of the molecule is COc1ccc(C2c3cc(OC)c(OC)cc3CC(=O)N2c2ccccc2[N+](=O)[O-])cc1. The summed E-state index contributed by atoms with van der Waals surface area (Å²) in [5, 5.41) is 11.7. The molecule has 8 nitrogen and oxygen atoms in total. The maximum Gasteiger partial charge on any atom is 0.292 e. The Morgan fingerprint density at radius 3 is 2.22 bits per heavy atom. The molecule has 1 amide bonds. The number of amides is 1. The molecule has 0 saturated heterocycles. The molecule has 3 aromatic rings. The second-order valence-corrected chi connectivity index (χ2v) is 7.27. The second kappa shape index (κ2) is 8.58. The summed E-state index contributed by atoms with van der Waals surface area (Å²) in [5.41, 5.74) is 2.48. The highest BCUT2D eigenvalue weighted by atomic mass is 16.6. The lowest BCUT2D eigenvalue weighted by molar-refractivity contribution is -0.384. The van der Waals surface area contributed by atoms with Gasteiger partial charge in [-0.05, 0) is 47.0 Å². The van der Waals surface area contributed by atoms with E-state index in [1.807, 2.05) is 18.2 Å². The van der Waals surface area contributed by atoms with E-state index < -0.39 is 11.0 Å². The largest absolute Gasteiger partial charge is 0.497 e. The minimum absolute atomic E-state index is 0.0778. The van der Waals surface area contributed by atoms with Crippen LogP contribution in [0.15, 0.2) is 60.7 Å². The van der Waals surface area contributed by atoms with Crippen LogP contribution in [0.3, 0.4) is 0 Å². The molecule has 1 aliphatic rings. The van der Waals surface area contributed by atoms with Gasteiger partial charge < -0.3 is 14.2 Å². The van der Waals surface area contributed by atoms with Crippen molar-refractivity contribution in [3.63, 3.8) is 0 Å². The lowest BCUT2D eigenvalue weighted by Crippen LogP contribution is -2.41. The number of fused-ring (bicyclic) bond motifs is 1. The number of benzene rings is 3. The molecule has 1 atom stereocenters. The van der Waals surface area contributed by atoms with Gasteiger partial charge in [-0.15, -0.1) is 0 Å². The standard InChI is InChI=1S/C24H22N2O6/c1-30-17-10-8-15(9-11-17)24-18-14-22(32-3)21(31-2)12-16(18)13-23(27)25(24)19-6-4-5-7-20(19)26(28)29/h4-12,14,24H,13H2,1-3H3. The van der Waals surface area contributed by atoms with E-state index in [-0.39, 0.29) is 23.7 Å². The first-order chi connectivity index (χ1) is 15.5. The van der Waals surface area contributed by atoms with Crippen molar-refractivity contribution in [2.45, 2.75) is 12.5 Å². The van der Waals surface area contributed by atoms with Gasteiger partial charge in [0.15, 0.2) is 11.5 Å². The van der Waals surface area contributed by atoms with E-state index in [0.29, 0.717) is 17.2 Å². The molecule has 0 aromatic heterocycles. The first-order valence-electron chi connectivity index (χ1n) is 9.92. The van der Waals surface area contributed by atoms with Crippen molar-refractivity contribution in [3.8, 4) is 17.2 Å². The molecule has 0 spiro atoms. The van der Waals surface area contributed by atoms with Gasteiger partial charge >= 0.3 is 0 Å². The number of ether oxygens (including phenoxy) is 3. The zero-order valence-electron chi connectivity index (χ0n) is 17.9. The summed E-state index contributed by atoms with van der Waals surface area (Å²) in [5.74, 6) is 1.45. The number of hydrogen-bond acceptors (Lipinski definition) is 6. The Bertz CT molecular complexity index is 1180. The van der Waals surface area contributed by atoms with Crippen molar-refractivity contribution in [1.29, 1.82) is 0 Å². The number of hydrogen-bond donors (Lipinski definition) is 0. The molecule has 3 aromatic carbocycles. The number of rotatable bonds is 6. The highest BCUT2D eigenvalue weighted by Crippen LogP contribution is 2.45. The van der Waals surface area contributed by atoms with Crippen molar-refractivity contribution < 1.29 is 23.9 Å². The Balaban J connectivity index is 1.97. The average Bonchev–Trinajstić information content (AvgIpc) is 2.82. The summed E-state index contributed by atoms with van der Waals surface area (Å²) in [7, 11) is 4.65. The number of nitro groups is 1. The van der Waals surface area contributed by atoms with Crippen LogP contribution >= 0.6 is 0 Å². The lowest BCUT2D eigenvalue weighted by atomic mass is 9.86. The summed E-state index contributed by atoms with van der Waals surface area (Å²) < 4.78 is 16.2. The number of carbonyl (C=O) groups is 1. The first kappa shape index (κ1) is 21.2. The molecule has 4 rings (SSSR count). The monoisotopic (exact) mass is 434 g/mol. The number of carbonyl (C=O) groups excluding carboxylic acids is 1. The van der Waals surface area contributed by atoms with Crippen molar-refractivity contribution in [2.24, 2.45) is 0 Å². The molecule has 1 heterocycles. The average molecular weight is 434 g/mol. The molecule has 0 fully saturated rings. The summed E-state index contributed by atoms with van der Waals surface area (Å²) in [6.45, 7) is 0. The molecule has 0 saturated carbocycles. The molecule has 0 bridgehead atoms. The van der Waals surface area contributed by atoms with Crippen LogP contribution in [-0.4, -0.2) is 32.2 Å². The Hall–Kier alpha value is -4.07. The molecule has 0 radical (unpaired) electrons. The second-order valence-electron chi connectivity index (χ2n) is 7.27. The topological polar surface area (TPSA) is 91.1 Å². The van der Waals surface area contributed by atoms with Crippen molar-refractivity contribution >= 4 is 17.3 Å². The van der Waals surface area contributed by atoms with Gasteiger partial charge in [0.2, 0.25) is 5.91 Å². The highest BCUT2D eigenvalue weighted by Gasteiger charge is 2.38. The molecular weight excluding hydrogens is 412 g/mol. The minimum Gasteiger partial charge on any atom is -0.497 e. The van der Waals surface area contributed by atoms with Crippen LogP contribution in [0.5, 0.6) is 17.2 Å². The summed E-state index contributed by atoms with van der Waals surface area (Å²) in [6, 6.07) is 16.6. The van der Waals surface area contributed by atoms with Gasteiger partial charge in [0.25, 0.3) is 5.69 Å². The molecule has 1 aliphatic heterocycles. The van der Waals surface area contributed by atoms with Crippen molar-refractivity contribution in [3.05, 3.63) is 87.5 Å². The van der Waals surface area contributed by atoms with Crippen LogP contribution in [0.2, 0.25) is 0 Å². The zero-order chi connectivity index (χ0) is 22.8. The predicted octanol–water partition coefficient (Wildman–Crippen LogP) is 4.30. The van der Waals surface area contributed by atoms with Crippen LogP contribution in [0.25, 0.3) is 0 Å². The Kier molecular flexibility index (Phi) is 5.68. The maximum absolute atomic E-state index is 13.4. The van der Waals surface area contributed by atoms with Crippen LogP contribution in [0.1, 0.15) is 22.7 Å². The quantitative estimate of drug-likeness (QED) is 0.424. The van der Waals surface area contributed by atoms with Gasteiger partial charge in [-0.2, -0.15) is 0 Å². The molecule has 0 aliphatic carbocycles. The van der Waals surface area contributed by atoms with Gasteiger partial charge in [-0.25, -0.2) is 0 Å². The number of anilines is 1. The fourth-order valence-corrected chi connectivity index (χ4v) is 4.09. The molecule has 1 unspecified atom stereocenters. The predicted molar refractivity (Wildman–Crippen MR) is 119 cm³/mol. The summed E-state index contributed by atoms with van der Waals surface area (Å²) in [6.07, 6.45) is 0.0778. The first-order valence-corrected chi connectivity index (χ1v) is 9.92. The Morgan fingerprint density at radius 2 is 1.59 bits per heavy atom. The van der Waals surface area contributed by atoms with E-state index in [4.69, 9.17) is 14.2 Å². The van der Waals surface area contributed by atoms with Crippen LogP contribution in [0.4, 0.5) is 11.4 Å². The van der Waals surface area contributed by atoms with Gasteiger partial charge in [0.05, 0.1) is 38.7 Å². The summed E-state index contributed by atoms with van der Waals surface area (Å²) in [4.78, 5) is 26.2. The molecular formula is C24H22N2O6. The number of methoxy groups -OCH3 is 3. The molecule has 8 heteroatoms. The van der Waals surface area contributed by atoms with E-state index in [2.05, 4.69) is 0 Å². The van der Waals surface area contributed by atoms with Crippen LogP contribution in [-0.2, 0) is 11.2 Å². The van der Waals surface area contributed by atoms with E-state index in [0.717, 1.165) is 16.7 Å². The number of para-hydroxylation sites is 2. The summed E-state index contributed by atoms with van der Waals surface area (Å²) >= 11 is 0. The van der Waals surface area contributed by atoms with Crippen LogP contribution < -0.4 is 19.1 Å². The minimum atomic E-state index is -0.599. The Labute approximate surface area is 185 Å². The van der Waals surface area contributed by atoms with E-state index in [9.17, 15) is 14.9 Å². The van der Waals surface area contributed by atoms with E-state index in [1.54, 1.807) is 50.6 Å². The lowest BCUT2D eigenvalue weighted by Gasteiger charge is -2.37. The van der Waals surface area contributed by atoms with Gasteiger partial charge in [-0.3, -0.25) is 19.8 Å². The smallest absolute Gasteiger partial charge is 0.292 e.